The summed E-state index contributed by atoms with van der Waals surface area (Å²) in [6.07, 6.45) is 5.16. The van der Waals surface area contributed by atoms with Gasteiger partial charge in [-0.3, -0.25) is 9.78 Å². The zero-order valence-corrected chi connectivity index (χ0v) is 16.5. The predicted molar refractivity (Wildman–Crippen MR) is 113 cm³/mol. The summed E-state index contributed by atoms with van der Waals surface area (Å²) < 4.78 is 0. The van der Waals surface area contributed by atoms with Crippen LogP contribution in [0.1, 0.15) is 31.4 Å². The van der Waals surface area contributed by atoms with Crippen molar-refractivity contribution in [3.8, 4) is 11.3 Å². The molecular formula is C23H25N5O. The highest BCUT2D eigenvalue weighted by Gasteiger charge is 2.26. The van der Waals surface area contributed by atoms with Crippen LogP contribution in [0.3, 0.4) is 0 Å². The van der Waals surface area contributed by atoms with Crippen LogP contribution in [0.15, 0.2) is 67.0 Å². The van der Waals surface area contributed by atoms with Crippen LogP contribution in [-0.4, -0.2) is 34.2 Å². The van der Waals surface area contributed by atoms with Gasteiger partial charge in [-0.25, -0.2) is 0 Å². The third-order valence-electron chi connectivity index (χ3n) is 5.46. The number of aromatic nitrogens is 3. The molecular weight excluding hydrogens is 362 g/mol. The molecule has 0 aliphatic carbocycles. The number of amides is 1. The van der Waals surface area contributed by atoms with E-state index in [-0.39, 0.29) is 17.9 Å². The maximum absolute atomic E-state index is 12.7. The number of carbonyl (C=O) groups excluding carboxylic acids is 1. The number of anilines is 1. The highest BCUT2D eigenvalue weighted by atomic mass is 16.1. The van der Waals surface area contributed by atoms with E-state index in [1.807, 2.05) is 61.5 Å². The Morgan fingerprint density at radius 2 is 1.83 bits per heavy atom. The van der Waals surface area contributed by atoms with Crippen molar-refractivity contribution in [2.45, 2.75) is 25.8 Å². The van der Waals surface area contributed by atoms with E-state index in [2.05, 4.69) is 25.4 Å². The minimum absolute atomic E-state index is 0.0209. The molecule has 0 spiro atoms. The molecule has 6 nitrogen and oxygen atoms in total. The Labute approximate surface area is 171 Å². The van der Waals surface area contributed by atoms with Crippen LogP contribution in [0, 0.1) is 5.92 Å². The van der Waals surface area contributed by atoms with Gasteiger partial charge in [0.25, 0.3) is 0 Å². The van der Waals surface area contributed by atoms with Crippen molar-refractivity contribution in [1.82, 2.24) is 20.5 Å². The average Bonchev–Trinajstić information content (AvgIpc) is 2.80. The smallest absolute Gasteiger partial charge is 0.223 e. The molecule has 148 valence electrons. The van der Waals surface area contributed by atoms with Crippen LogP contribution < -0.4 is 10.2 Å². The van der Waals surface area contributed by atoms with Crippen molar-refractivity contribution in [2.75, 3.05) is 18.0 Å². The Bertz CT molecular complexity index is 923. The Kier molecular flexibility index (Phi) is 5.79. The molecule has 1 aliphatic heterocycles. The number of nitrogens with zero attached hydrogens (tertiary/aromatic N) is 4. The molecule has 1 amide bonds. The average molecular weight is 387 g/mol. The molecule has 3 aromatic rings. The van der Waals surface area contributed by atoms with Gasteiger partial charge in [-0.15, -0.1) is 10.2 Å². The monoisotopic (exact) mass is 387 g/mol. The highest BCUT2D eigenvalue weighted by Crippen LogP contribution is 2.24. The van der Waals surface area contributed by atoms with Crippen molar-refractivity contribution in [2.24, 2.45) is 5.92 Å². The summed E-state index contributed by atoms with van der Waals surface area (Å²) in [5.41, 5.74) is 2.89. The standard InChI is InChI=1S/C23H25N5O/c1-17(18-6-3-2-4-7-18)25-23(29)19-11-14-28(15-12-19)22-10-9-21(26-27-22)20-8-5-13-24-16-20/h2-10,13,16-17,19H,11-12,14-15H2,1H3,(H,25,29). The maximum Gasteiger partial charge on any atom is 0.223 e. The Morgan fingerprint density at radius 1 is 1.03 bits per heavy atom. The van der Waals surface area contributed by atoms with Gasteiger partial charge in [0.1, 0.15) is 0 Å². The van der Waals surface area contributed by atoms with Crippen molar-refractivity contribution in [1.29, 1.82) is 0 Å². The largest absolute Gasteiger partial charge is 0.355 e. The van der Waals surface area contributed by atoms with Gasteiger partial charge in [0.2, 0.25) is 5.91 Å². The Morgan fingerprint density at radius 3 is 2.48 bits per heavy atom. The molecule has 1 atom stereocenters. The van der Waals surface area contributed by atoms with Crippen LogP contribution >= 0.6 is 0 Å². The summed E-state index contributed by atoms with van der Waals surface area (Å²) >= 11 is 0. The second-order valence-electron chi connectivity index (χ2n) is 7.42. The lowest BCUT2D eigenvalue weighted by atomic mass is 9.95. The van der Waals surface area contributed by atoms with E-state index < -0.39 is 0 Å². The van der Waals surface area contributed by atoms with Gasteiger partial charge < -0.3 is 10.2 Å². The van der Waals surface area contributed by atoms with E-state index in [0.717, 1.165) is 48.6 Å². The number of hydrogen-bond acceptors (Lipinski definition) is 5. The predicted octanol–water partition coefficient (Wildman–Crippen LogP) is 3.63. The minimum Gasteiger partial charge on any atom is -0.355 e. The molecule has 0 saturated carbocycles. The number of pyridine rings is 1. The molecule has 1 N–H and O–H groups in total. The minimum atomic E-state index is 0.0209. The summed E-state index contributed by atoms with van der Waals surface area (Å²) in [5, 5.41) is 11.9. The third-order valence-corrected chi connectivity index (χ3v) is 5.46. The third kappa shape index (κ3) is 4.59. The van der Waals surface area contributed by atoms with E-state index in [4.69, 9.17) is 0 Å². The molecule has 1 aromatic carbocycles. The maximum atomic E-state index is 12.7. The lowest BCUT2D eigenvalue weighted by Crippen LogP contribution is -2.41. The van der Waals surface area contributed by atoms with Gasteiger partial charge in [-0.05, 0) is 49.6 Å². The SMILES string of the molecule is CC(NC(=O)C1CCN(c2ccc(-c3cccnc3)nn2)CC1)c1ccccc1. The van der Waals surface area contributed by atoms with Crippen LogP contribution in [0.2, 0.25) is 0 Å². The van der Waals surface area contributed by atoms with E-state index in [9.17, 15) is 4.79 Å². The normalized spacial score (nSPS) is 15.7. The van der Waals surface area contributed by atoms with Gasteiger partial charge in [0, 0.05) is 37.0 Å². The summed E-state index contributed by atoms with van der Waals surface area (Å²) in [4.78, 5) is 19.0. The molecule has 3 heterocycles. The fourth-order valence-electron chi connectivity index (χ4n) is 3.69. The molecule has 1 aliphatic rings. The summed E-state index contributed by atoms with van der Waals surface area (Å²) in [6, 6.07) is 17.9. The van der Waals surface area contributed by atoms with E-state index in [1.54, 1.807) is 12.4 Å². The lowest BCUT2D eigenvalue weighted by molar-refractivity contribution is -0.126. The van der Waals surface area contributed by atoms with Crippen LogP contribution in [0.25, 0.3) is 11.3 Å². The van der Waals surface area contributed by atoms with Crippen LogP contribution in [0.4, 0.5) is 5.82 Å². The second kappa shape index (κ2) is 8.82. The Hall–Kier alpha value is -3.28. The first kappa shape index (κ1) is 19.1. The van der Waals surface area contributed by atoms with Crippen molar-refractivity contribution in [3.63, 3.8) is 0 Å². The Balaban J connectivity index is 1.31. The number of carbonyl (C=O) groups is 1. The zero-order chi connectivity index (χ0) is 20.1. The van der Waals surface area contributed by atoms with Crippen molar-refractivity contribution < 1.29 is 4.79 Å². The topological polar surface area (TPSA) is 71.0 Å². The molecule has 29 heavy (non-hydrogen) atoms. The lowest BCUT2D eigenvalue weighted by Gasteiger charge is -2.32. The first-order valence-electron chi connectivity index (χ1n) is 10.0. The van der Waals surface area contributed by atoms with Crippen LogP contribution in [-0.2, 0) is 4.79 Å². The van der Waals surface area contributed by atoms with Crippen molar-refractivity contribution in [3.05, 3.63) is 72.6 Å². The molecule has 6 heteroatoms. The van der Waals surface area contributed by atoms with Crippen LogP contribution in [0.5, 0.6) is 0 Å². The number of nitrogens with one attached hydrogen (secondary N) is 1. The fraction of sp³-hybridized carbons (Fsp3) is 0.304. The first-order valence-corrected chi connectivity index (χ1v) is 10.0. The number of rotatable bonds is 5. The number of piperidine rings is 1. The molecule has 4 rings (SSSR count). The van der Waals surface area contributed by atoms with E-state index in [0.29, 0.717) is 0 Å². The first-order chi connectivity index (χ1) is 14.2. The molecule has 1 saturated heterocycles. The fourth-order valence-corrected chi connectivity index (χ4v) is 3.69. The van der Waals surface area contributed by atoms with Gasteiger partial charge in [-0.2, -0.15) is 0 Å². The van der Waals surface area contributed by atoms with E-state index in [1.165, 1.54) is 0 Å². The summed E-state index contributed by atoms with van der Waals surface area (Å²) in [7, 11) is 0. The molecule has 0 bridgehead atoms. The van der Waals surface area contributed by atoms with Gasteiger partial charge in [0.15, 0.2) is 5.82 Å². The molecule has 1 fully saturated rings. The van der Waals surface area contributed by atoms with E-state index >= 15 is 0 Å². The van der Waals surface area contributed by atoms with Gasteiger partial charge in [-0.1, -0.05) is 30.3 Å². The quantitative estimate of drug-likeness (QED) is 0.724. The van der Waals surface area contributed by atoms with Gasteiger partial charge >= 0.3 is 0 Å². The molecule has 1 unspecified atom stereocenters. The van der Waals surface area contributed by atoms with Gasteiger partial charge in [0.05, 0.1) is 11.7 Å². The second-order valence-corrected chi connectivity index (χ2v) is 7.42. The summed E-state index contributed by atoms with van der Waals surface area (Å²) in [5.74, 6) is 1.04. The molecule has 2 aromatic heterocycles. The van der Waals surface area contributed by atoms with Crippen molar-refractivity contribution >= 4 is 11.7 Å². The zero-order valence-electron chi connectivity index (χ0n) is 16.5. The number of hydrogen-bond donors (Lipinski definition) is 1. The number of benzene rings is 1. The summed E-state index contributed by atoms with van der Waals surface area (Å²) in [6.45, 7) is 3.64. The molecule has 0 radical (unpaired) electrons. The highest BCUT2D eigenvalue weighted by molar-refractivity contribution is 5.79.